The van der Waals surface area contributed by atoms with Crippen LogP contribution in [0.2, 0.25) is 0 Å². The average molecular weight is 855 g/mol. The number of aliphatic hydroxyl groups is 2. The van der Waals surface area contributed by atoms with Crippen molar-refractivity contribution in [3.63, 3.8) is 0 Å². The lowest BCUT2D eigenvalue weighted by atomic mass is 9.79. The number of carboxylic acids is 2. The lowest BCUT2D eigenvalue weighted by molar-refractivity contribution is -0.129. The lowest BCUT2D eigenvalue weighted by Crippen LogP contribution is -2.49. The number of para-hydroxylation sites is 1. The van der Waals surface area contributed by atoms with Crippen molar-refractivity contribution >= 4 is 52.2 Å². The second kappa shape index (κ2) is 16.5. The van der Waals surface area contributed by atoms with Crippen LogP contribution in [0.3, 0.4) is 0 Å². The van der Waals surface area contributed by atoms with Crippen LogP contribution in [0.15, 0.2) is 127 Å². The first-order chi connectivity index (χ1) is 29.9. The first kappa shape index (κ1) is 43.1. The third-order valence-corrected chi connectivity index (χ3v) is 11.2. The maximum Gasteiger partial charge on any atom is 0.337 e. The largest absolute Gasteiger partial charge is 0.508 e. The van der Waals surface area contributed by atoms with E-state index in [1.54, 1.807) is 32.1 Å². The van der Waals surface area contributed by atoms with Crippen molar-refractivity contribution in [1.82, 2.24) is 0 Å². The number of carboxylic acid groups (broad SMARTS) is 2. The molecule has 0 unspecified atom stereocenters. The minimum absolute atomic E-state index is 0.0480. The summed E-state index contributed by atoms with van der Waals surface area (Å²) in [5.74, 6) is -6.38. The Bertz CT molecular complexity index is 2790. The summed E-state index contributed by atoms with van der Waals surface area (Å²) in [4.78, 5) is 68.4. The molecule has 0 bridgehead atoms. The van der Waals surface area contributed by atoms with Crippen LogP contribution in [0.25, 0.3) is 0 Å². The number of benzene rings is 4. The van der Waals surface area contributed by atoms with Crippen LogP contribution < -0.4 is 21.3 Å². The minimum Gasteiger partial charge on any atom is -0.508 e. The van der Waals surface area contributed by atoms with Crippen molar-refractivity contribution < 1.29 is 59.7 Å². The molecule has 0 fully saturated rings. The van der Waals surface area contributed by atoms with Gasteiger partial charge in [0.15, 0.2) is 17.1 Å². The van der Waals surface area contributed by atoms with Crippen molar-refractivity contribution in [2.45, 2.75) is 50.0 Å². The summed E-state index contributed by atoms with van der Waals surface area (Å²) < 4.78 is 0. The van der Waals surface area contributed by atoms with E-state index in [4.69, 9.17) is 0 Å². The Hall–Kier alpha value is -7.95. The van der Waals surface area contributed by atoms with Gasteiger partial charge in [-0.15, -0.1) is 0 Å². The molecule has 16 nitrogen and oxygen atoms in total. The molecule has 3 aliphatic rings. The van der Waals surface area contributed by atoms with Gasteiger partial charge in [-0.05, 0) is 86.4 Å². The highest BCUT2D eigenvalue weighted by Gasteiger charge is 2.55. The number of carbonyl (C=O) groups excluding carboxylic acids is 3. The Morgan fingerprint density at radius 2 is 1.13 bits per heavy atom. The summed E-state index contributed by atoms with van der Waals surface area (Å²) >= 11 is 0. The van der Waals surface area contributed by atoms with Crippen LogP contribution in [0, 0.1) is 0 Å². The van der Waals surface area contributed by atoms with E-state index in [1.807, 2.05) is 0 Å². The number of carbonyl (C=O) groups is 5. The molecule has 0 saturated carbocycles. The molecule has 0 saturated heterocycles. The molecule has 63 heavy (non-hydrogen) atoms. The standard InChI is InChI=1S/C47H42N4O12/c1-23-9-15-38(56)32-19-28(54)22-36-42(32)47(45(63)49-36,51-34-20-26(52)12-13-30(34)44(61)62)40(58)17-11-24(2)8-14-37(55)31-18-27(53)21-35-41(31)46(25(3)48-35,39(57)16-10-23)50-33-7-5-4-6-29(33)43(59)60/h4-13,16-22,37-38,48,50-56H,3,14-15H2,1-2H3,(H,49,63)(H,59,60)(H,61,62)/b16-10+,17-11+,23-9+,24-8-/t37-,38-,46-,47+/m0/s1. The highest BCUT2D eigenvalue weighted by molar-refractivity contribution is 6.26. The smallest absolute Gasteiger partial charge is 0.337 e. The molecule has 1 aliphatic carbocycles. The van der Waals surface area contributed by atoms with Gasteiger partial charge in [-0.3, -0.25) is 14.4 Å². The van der Waals surface area contributed by atoms with Crippen LogP contribution >= 0.6 is 0 Å². The first-order valence-corrected chi connectivity index (χ1v) is 19.5. The molecular formula is C47H42N4O12. The zero-order valence-electron chi connectivity index (χ0n) is 33.8. The number of ketones is 2. The van der Waals surface area contributed by atoms with Crippen LogP contribution in [0.4, 0.5) is 22.7 Å². The molecule has 11 N–H and O–H groups in total. The van der Waals surface area contributed by atoms with Crippen molar-refractivity contribution in [3.8, 4) is 17.2 Å². The fourth-order valence-electron chi connectivity index (χ4n) is 8.14. The molecular weight excluding hydrogens is 813 g/mol. The highest BCUT2D eigenvalue weighted by Crippen LogP contribution is 2.51. The quantitative estimate of drug-likeness (QED) is 0.0935. The maximum absolute atomic E-state index is 14.8. The second-order valence-electron chi connectivity index (χ2n) is 15.4. The van der Waals surface area contributed by atoms with E-state index in [0.717, 1.165) is 36.4 Å². The van der Waals surface area contributed by atoms with E-state index in [0.29, 0.717) is 11.1 Å². The fourth-order valence-corrected chi connectivity index (χ4v) is 8.14. The molecule has 16 heteroatoms. The van der Waals surface area contributed by atoms with E-state index in [2.05, 4.69) is 27.8 Å². The molecule has 0 radical (unpaired) electrons. The Balaban J connectivity index is 1.42. The zero-order chi connectivity index (χ0) is 45.5. The van der Waals surface area contributed by atoms with Crippen molar-refractivity contribution in [2.24, 2.45) is 0 Å². The van der Waals surface area contributed by atoms with Crippen LogP contribution in [0.1, 0.15) is 81.9 Å². The Morgan fingerprint density at radius 3 is 1.70 bits per heavy atom. The first-order valence-electron chi connectivity index (χ1n) is 19.5. The summed E-state index contributed by atoms with van der Waals surface area (Å²) in [7, 11) is 0. The lowest BCUT2D eigenvalue weighted by Gasteiger charge is -2.33. The van der Waals surface area contributed by atoms with Crippen molar-refractivity contribution in [1.29, 1.82) is 0 Å². The normalized spacial score (nSPS) is 24.9. The van der Waals surface area contributed by atoms with Gasteiger partial charge in [0.25, 0.3) is 5.91 Å². The monoisotopic (exact) mass is 854 g/mol. The Kier molecular flexibility index (Phi) is 11.3. The van der Waals surface area contributed by atoms with Gasteiger partial charge in [0.05, 0.1) is 40.4 Å². The number of amides is 1. The number of aromatic hydroxyl groups is 3. The molecule has 322 valence electrons. The molecule has 2 aliphatic heterocycles. The summed E-state index contributed by atoms with van der Waals surface area (Å²) in [5, 5.41) is 87.3. The van der Waals surface area contributed by atoms with Gasteiger partial charge in [-0.1, -0.05) is 54.2 Å². The molecule has 4 atom stereocenters. The average Bonchev–Trinajstić information content (AvgIpc) is 3.67. The predicted octanol–water partition coefficient (Wildman–Crippen LogP) is 6.41. The van der Waals surface area contributed by atoms with E-state index < -0.39 is 64.0 Å². The number of anilines is 4. The second-order valence-corrected chi connectivity index (χ2v) is 15.4. The van der Waals surface area contributed by atoms with Gasteiger partial charge in [0.1, 0.15) is 17.2 Å². The highest BCUT2D eigenvalue weighted by atomic mass is 16.4. The number of phenols is 3. The predicted molar refractivity (Wildman–Crippen MR) is 232 cm³/mol. The third-order valence-electron chi connectivity index (χ3n) is 11.2. The van der Waals surface area contributed by atoms with Gasteiger partial charge in [0.2, 0.25) is 5.54 Å². The summed E-state index contributed by atoms with van der Waals surface area (Å²) in [6, 6.07) is 14.1. The summed E-state index contributed by atoms with van der Waals surface area (Å²) in [5.41, 5.74) is -4.30. The van der Waals surface area contributed by atoms with Crippen LogP contribution in [-0.2, 0) is 25.5 Å². The number of nitrogens with one attached hydrogen (secondary N) is 4. The Labute approximate surface area is 359 Å². The van der Waals surface area contributed by atoms with Crippen LogP contribution in [-0.4, -0.2) is 65.2 Å². The SMILES string of the molecule is C=C1Nc2cc(O)cc3c2[C@@]1(Nc1ccccc1C(=O)O)C(=O)/C=C/C(C)=C/C[C@H](O)c1cc(O)cc2c1[C@](Nc1cc(O)ccc1C(=O)O)(C(=O)/C=C/C(C)=C\C[C@@H]3O)C(=O)N2. The van der Waals surface area contributed by atoms with E-state index in [9.17, 15) is 59.7 Å². The molecule has 0 spiro atoms. The summed E-state index contributed by atoms with van der Waals surface area (Å²) in [6.07, 6.45) is 4.75. The number of phenolic OH excluding ortho intramolecular Hbond substituents is 3. The Morgan fingerprint density at radius 1 is 0.635 bits per heavy atom. The van der Waals surface area contributed by atoms with Gasteiger partial charge in [0, 0.05) is 40.7 Å². The maximum atomic E-state index is 14.8. The van der Waals surface area contributed by atoms with Gasteiger partial charge >= 0.3 is 11.9 Å². The van der Waals surface area contributed by atoms with Gasteiger partial charge in [-0.25, -0.2) is 9.59 Å². The number of allylic oxidation sites excluding steroid dienone is 4. The number of aliphatic hydroxyl groups excluding tert-OH is 2. The topological polar surface area (TPSA) is 275 Å². The molecule has 1 amide bonds. The van der Waals surface area contributed by atoms with Crippen molar-refractivity contribution in [3.05, 3.63) is 160 Å². The summed E-state index contributed by atoms with van der Waals surface area (Å²) in [6.45, 7) is 7.34. The fraction of sp³-hybridized carbons (Fsp3) is 0.170. The molecule has 7 rings (SSSR count). The van der Waals surface area contributed by atoms with Crippen molar-refractivity contribution in [2.75, 3.05) is 21.3 Å². The third kappa shape index (κ3) is 7.68. The number of hydrogen-bond donors (Lipinski definition) is 11. The van der Waals surface area contributed by atoms with Gasteiger partial charge in [-0.2, -0.15) is 0 Å². The molecule has 4 aromatic carbocycles. The van der Waals surface area contributed by atoms with E-state index >= 15 is 0 Å². The van der Waals surface area contributed by atoms with Gasteiger partial charge < -0.3 is 57.0 Å². The zero-order valence-corrected chi connectivity index (χ0v) is 33.8. The number of hydrogen-bond acceptors (Lipinski definition) is 13. The van der Waals surface area contributed by atoms with E-state index in [-0.39, 0.29) is 80.6 Å². The number of rotatable bonds is 6. The number of aromatic carboxylic acids is 2. The van der Waals surface area contributed by atoms with E-state index in [1.165, 1.54) is 48.6 Å². The van der Waals surface area contributed by atoms with Crippen LogP contribution in [0.5, 0.6) is 17.2 Å². The molecule has 2 heterocycles. The molecule has 4 aromatic rings. The molecule has 0 aromatic heterocycles. The minimum atomic E-state index is -2.48.